The minimum atomic E-state index is -0.173. The number of thiophene rings is 1. The molecule has 106 valence electrons. The van der Waals surface area contributed by atoms with Crippen molar-refractivity contribution in [2.24, 2.45) is 5.73 Å². The molecule has 0 unspecified atom stereocenters. The number of nitrogens with zero attached hydrogens (tertiary/aromatic N) is 2. The van der Waals surface area contributed by atoms with Crippen molar-refractivity contribution in [3.63, 3.8) is 0 Å². The van der Waals surface area contributed by atoms with Gasteiger partial charge in [-0.3, -0.25) is 9.80 Å². The highest BCUT2D eigenvalue weighted by atomic mass is 79.9. The van der Waals surface area contributed by atoms with Crippen LogP contribution in [0.5, 0.6) is 0 Å². The fraction of sp³-hybridized carbons (Fsp3) is 0.615. The molecule has 0 radical (unpaired) electrons. The predicted octanol–water partition coefficient (Wildman–Crippen LogP) is 2.69. The lowest BCUT2D eigenvalue weighted by atomic mass is 10.0. The van der Waals surface area contributed by atoms with E-state index in [2.05, 4.69) is 51.7 Å². The molecule has 6 heteroatoms. The van der Waals surface area contributed by atoms with E-state index in [1.807, 2.05) is 11.3 Å². The van der Waals surface area contributed by atoms with Crippen molar-refractivity contribution in [3.8, 4) is 0 Å². The molecule has 0 aliphatic carbocycles. The van der Waals surface area contributed by atoms with Gasteiger partial charge in [0.25, 0.3) is 0 Å². The average molecular weight is 362 g/mol. The second-order valence-corrected chi connectivity index (χ2v) is 8.38. The van der Waals surface area contributed by atoms with E-state index in [0.29, 0.717) is 4.99 Å². The van der Waals surface area contributed by atoms with Crippen molar-refractivity contribution in [2.45, 2.75) is 25.9 Å². The van der Waals surface area contributed by atoms with Gasteiger partial charge in [-0.05, 0) is 41.9 Å². The van der Waals surface area contributed by atoms with Crippen LogP contribution in [0.15, 0.2) is 15.9 Å². The third-order valence-electron chi connectivity index (χ3n) is 3.77. The van der Waals surface area contributed by atoms with Gasteiger partial charge in [0.15, 0.2) is 0 Å². The summed E-state index contributed by atoms with van der Waals surface area (Å²) in [6.45, 7) is 9.46. The van der Waals surface area contributed by atoms with Crippen molar-refractivity contribution < 1.29 is 0 Å². The molecule has 0 bridgehead atoms. The molecule has 2 rings (SSSR count). The quantitative estimate of drug-likeness (QED) is 0.835. The molecule has 19 heavy (non-hydrogen) atoms. The number of thiocarbonyl (C=S) groups is 1. The summed E-state index contributed by atoms with van der Waals surface area (Å²) in [4.78, 5) is 6.87. The van der Waals surface area contributed by atoms with Crippen molar-refractivity contribution in [3.05, 3.63) is 20.8 Å². The fourth-order valence-electron chi connectivity index (χ4n) is 2.28. The highest BCUT2D eigenvalue weighted by Crippen LogP contribution is 2.24. The van der Waals surface area contributed by atoms with Gasteiger partial charge < -0.3 is 5.73 Å². The van der Waals surface area contributed by atoms with Gasteiger partial charge in [-0.2, -0.15) is 0 Å². The van der Waals surface area contributed by atoms with Gasteiger partial charge in [0.1, 0.15) is 0 Å². The molecule has 0 amide bonds. The lowest BCUT2D eigenvalue weighted by molar-refractivity contribution is 0.0827. The summed E-state index contributed by atoms with van der Waals surface area (Å²) in [6.07, 6.45) is 0. The molecule has 1 aromatic heterocycles. The van der Waals surface area contributed by atoms with E-state index in [1.54, 1.807) is 0 Å². The largest absolute Gasteiger partial charge is 0.392 e. The molecule has 1 saturated heterocycles. The molecule has 0 aromatic carbocycles. The Labute approximate surface area is 132 Å². The Kier molecular flexibility index (Phi) is 5.00. The van der Waals surface area contributed by atoms with Crippen LogP contribution in [0, 0.1) is 0 Å². The van der Waals surface area contributed by atoms with E-state index in [9.17, 15) is 0 Å². The molecule has 0 spiro atoms. The molecular formula is C13H20BrN3S2. The molecule has 2 N–H and O–H groups in total. The summed E-state index contributed by atoms with van der Waals surface area (Å²) >= 11 is 10.5. The molecule has 1 aromatic rings. The Hall–Kier alpha value is -0.0100. The maximum absolute atomic E-state index is 5.83. The van der Waals surface area contributed by atoms with Gasteiger partial charge in [0.2, 0.25) is 0 Å². The van der Waals surface area contributed by atoms with Gasteiger partial charge in [0, 0.05) is 37.6 Å². The maximum Gasteiger partial charge on any atom is 0.0928 e. The lowest BCUT2D eigenvalue weighted by Gasteiger charge is -2.43. The first kappa shape index (κ1) is 15.4. The van der Waals surface area contributed by atoms with Crippen LogP contribution in [0.3, 0.4) is 0 Å². The topological polar surface area (TPSA) is 32.5 Å². The van der Waals surface area contributed by atoms with E-state index in [1.165, 1.54) is 8.66 Å². The number of piperazine rings is 1. The van der Waals surface area contributed by atoms with Crippen molar-refractivity contribution in [1.82, 2.24) is 9.80 Å². The van der Waals surface area contributed by atoms with Crippen molar-refractivity contribution in [1.29, 1.82) is 0 Å². The normalized spacial score (nSPS) is 18.7. The minimum Gasteiger partial charge on any atom is -0.392 e. The fourth-order valence-corrected chi connectivity index (χ4v) is 3.93. The monoisotopic (exact) mass is 361 g/mol. The molecule has 1 aliphatic heterocycles. The molecule has 1 fully saturated rings. The van der Waals surface area contributed by atoms with Crippen LogP contribution in [0.4, 0.5) is 0 Å². The summed E-state index contributed by atoms with van der Waals surface area (Å²) in [5.74, 6) is 0. The van der Waals surface area contributed by atoms with Gasteiger partial charge >= 0.3 is 0 Å². The zero-order valence-electron chi connectivity index (χ0n) is 11.4. The van der Waals surface area contributed by atoms with Gasteiger partial charge in [-0.25, -0.2) is 0 Å². The Morgan fingerprint density at radius 2 is 2.00 bits per heavy atom. The molecule has 0 atom stereocenters. The number of rotatable bonds is 4. The summed E-state index contributed by atoms with van der Waals surface area (Å²) in [6, 6.07) is 4.31. The highest BCUT2D eigenvalue weighted by molar-refractivity contribution is 9.11. The van der Waals surface area contributed by atoms with Gasteiger partial charge in [-0.1, -0.05) is 12.2 Å². The van der Waals surface area contributed by atoms with Gasteiger partial charge in [-0.15, -0.1) is 11.3 Å². The Balaban J connectivity index is 1.87. The second kappa shape index (κ2) is 6.18. The molecule has 0 saturated carbocycles. The molecule has 1 aliphatic rings. The number of hydrogen-bond acceptors (Lipinski definition) is 4. The first-order chi connectivity index (χ1) is 8.89. The first-order valence-electron chi connectivity index (χ1n) is 6.41. The smallest absolute Gasteiger partial charge is 0.0928 e. The first-order valence-corrected chi connectivity index (χ1v) is 8.43. The third-order valence-corrected chi connectivity index (χ3v) is 5.88. The second-order valence-electron chi connectivity index (χ2n) is 5.39. The van der Waals surface area contributed by atoms with E-state index in [-0.39, 0.29) is 5.54 Å². The van der Waals surface area contributed by atoms with E-state index in [0.717, 1.165) is 32.7 Å². The van der Waals surface area contributed by atoms with Crippen LogP contribution >= 0.6 is 39.5 Å². The summed E-state index contributed by atoms with van der Waals surface area (Å²) < 4.78 is 1.20. The van der Waals surface area contributed by atoms with Gasteiger partial charge in [0.05, 0.1) is 14.3 Å². The average Bonchev–Trinajstić information content (AvgIpc) is 2.75. The molecule has 3 nitrogen and oxygen atoms in total. The predicted molar refractivity (Wildman–Crippen MR) is 89.7 cm³/mol. The molecule has 2 heterocycles. The highest BCUT2D eigenvalue weighted by Gasteiger charge is 2.32. The summed E-state index contributed by atoms with van der Waals surface area (Å²) in [5, 5.41) is 0. The van der Waals surface area contributed by atoms with Crippen LogP contribution in [0.25, 0.3) is 0 Å². The van der Waals surface area contributed by atoms with E-state index >= 15 is 0 Å². The zero-order valence-corrected chi connectivity index (χ0v) is 14.6. The van der Waals surface area contributed by atoms with Crippen molar-refractivity contribution in [2.75, 3.05) is 26.2 Å². The van der Waals surface area contributed by atoms with Crippen LogP contribution in [0.2, 0.25) is 0 Å². The lowest BCUT2D eigenvalue weighted by Crippen LogP contribution is -2.58. The molecular weight excluding hydrogens is 342 g/mol. The minimum absolute atomic E-state index is 0.173. The third kappa shape index (κ3) is 3.76. The Morgan fingerprint density at radius 3 is 2.47 bits per heavy atom. The van der Waals surface area contributed by atoms with Crippen LogP contribution in [-0.4, -0.2) is 46.5 Å². The van der Waals surface area contributed by atoms with Crippen LogP contribution < -0.4 is 5.73 Å². The van der Waals surface area contributed by atoms with E-state index in [4.69, 9.17) is 18.0 Å². The number of hydrogen-bond donors (Lipinski definition) is 1. The van der Waals surface area contributed by atoms with E-state index < -0.39 is 0 Å². The van der Waals surface area contributed by atoms with Crippen LogP contribution in [0.1, 0.15) is 18.7 Å². The Bertz CT molecular complexity index is 450. The zero-order chi connectivity index (χ0) is 14.0. The standard InChI is InChI=1S/C13H20BrN3S2/c1-13(2,12(15)18)17-7-5-16(6-8-17)9-10-3-4-11(14)19-10/h3-4H,5-9H2,1-2H3,(H2,15,18). The number of halogens is 1. The summed E-state index contributed by atoms with van der Waals surface area (Å²) in [5.41, 5.74) is 5.66. The number of nitrogens with two attached hydrogens (primary N) is 1. The van der Waals surface area contributed by atoms with Crippen molar-refractivity contribution >= 4 is 44.5 Å². The van der Waals surface area contributed by atoms with Crippen LogP contribution in [-0.2, 0) is 6.54 Å². The maximum atomic E-state index is 5.83. The summed E-state index contributed by atoms with van der Waals surface area (Å²) in [7, 11) is 0. The Morgan fingerprint density at radius 1 is 1.37 bits per heavy atom. The SMILES string of the molecule is CC(C)(C(N)=S)N1CCN(Cc2ccc(Br)s2)CC1.